The van der Waals surface area contributed by atoms with E-state index in [1.54, 1.807) is 30.6 Å². The van der Waals surface area contributed by atoms with E-state index in [9.17, 15) is 14.4 Å². The van der Waals surface area contributed by atoms with Gasteiger partial charge in [0.2, 0.25) is 5.91 Å². The number of carbonyl (C=O) groups excluding carboxylic acids is 3. The number of nitrogens with zero attached hydrogens (tertiary/aromatic N) is 2. The molecule has 172 valence electrons. The standard InChI is InChI=1S/C23H35N3O5/c1-16-7-8-17(2)21(18(16)3)30-15-20(28)26-13-11-25(12-14-26)19(27)9-10-24-22(29)31-23(4,5)6/h7-8H,9-15H2,1-6H3,(H,24,29). The topological polar surface area (TPSA) is 88.2 Å². The van der Waals surface area contributed by atoms with Gasteiger partial charge in [0.1, 0.15) is 11.4 Å². The maximum absolute atomic E-state index is 12.6. The normalized spacial score (nSPS) is 14.3. The third-order valence-electron chi connectivity index (χ3n) is 5.21. The molecule has 31 heavy (non-hydrogen) atoms. The zero-order valence-electron chi connectivity index (χ0n) is 19.5. The number of alkyl carbamates (subject to hydrolysis) is 1. The van der Waals surface area contributed by atoms with Crippen LogP contribution < -0.4 is 10.1 Å². The first-order valence-electron chi connectivity index (χ1n) is 10.7. The Labute approximate surface area is 184 Å². The van der Waals surface area contributed by atoms with Gasteiger partial charge in [-0.05, 0) is 58.2 Å². The summed E-state index contributed by atoms with van der Waals surface area (Å²) in [5, 5.41) is 2.59. The third kappa shape index (κ3) is 7.45. The summed E-state index contributed by atoms with van der Waals surface area (Å²) in [5.74, 6) is 0.629. The number of nitrogens with one attached hydrogen (secondary N) is 1. The van der Waals surface area contributed by atoms with Gasteiger partial charge in [-0.3, -0.25) is 9.59 Å². The van der Waals surface area contributed by atoms with Gasteiger partial charge in [-0.15, -0.1) is 0 Å². The van der Waals surface area contributed by atoms with Crippen molar-refractivity contribution in [2.45, 2.75) is 53.6 Å². The first-order valence-corrected chi connectivity index (χ1v) is 10.7. The highest BCUT2D eigenvalue weighted by atomic mass is 16.6. The van der Waals surface area contributed by atoms with Crippen LogP contribution in [0.5, 0.6) is 5.75 Å². The smallest absolute Gasteiger partial charge is 0.407 e. The lowest BCUT2D eigenvalue weighted by Crippen LogP contribution is -2.52. The van der Waals surface area contributed by atoms with Gasteiger partial charge in [-0.2, -0.15) is 0 Å². The molecule has 8 nitrogen and oxygen atoms in total. The second-order valence-electron chi connectivity index (χ2n) is 8.88. The Bertz CT molecular complexity index is 808. The highest BCUT2D eigenvalue weighted by Gasteiger charge is 2.25. The van der Waals surface area contributed by atoms with E-state index in [4.69, 9.17) is 9.47 Å². The number of rotatable bonds is 6. The molecule has 1 N–H and O–H groups in total. The fourth-order valence-corrected chi connectivity index (χ4v) is 3.32. The summed E-state index contributed by atoms with van der Waals surface area (Å²) in [6, 6.07) is 4.03. The average molecular weight is 434 g/mol. The van der Waals surface area contributed by atoms with Gasteiger partial charge in [-0.1, -0.05) is 12.1 Å². The van der Waals surface area contributed by atoms with E-state index in [0.29, 0.717) is 26.2 Å². The first-order chi connectivity index (χ1) is 14.5. The zero-order valence-corrected chi connectivity index (χ0v) is 19.5. The molecule has 1 aromatic carbocycles. The molecule has 1 fully saturated rings. The van der Waals surface area contributed by atoms with Crippen molar-refractivity contribution in [1.82, 2.24) is 15.1 Å². The fraction of sp³-hybridized carbons (Fsp3) is 0.609. The molecule has 1 aromatic rings. The van der Waals surface area contributed by atoms with Crippen molar-refractivity contribution < 1.29 is 23.9 Å². The summed E-state index contributed by atoms with van der Waals surface area (Å²) in [6.07, 6.45) is -0.336. The van der Waals surface area contributed by atoms with E-state index in [-0.39, 0.29) is 31.4 Å². The summed E-state index contributed by atoms with van der Waals surface area (Å²) < 4.78 is 11.0. The molecule has 1 saturated heterocycles. The van der Waals surface area contributed by atoms with E-state index < -0.39 is 11.7 Å². The first kappa shape index (κ1) is 24.5. The monoisotopic (exact) mass is 433 g/mol. The Balaban J connectivity index is 1.73. The van der Waals surface area contributed by atoms with Crippen LogP contribution in [0.1, 0.15) is 43.9 Å². The van der Waals surface area contributed by atoms with E-state index in [1.807, 2.05) is 32.9 Å². The number of carbonyl (C=O) groups is 3. The molecule has 0 unspecified atom stereocenters. The van der Waals surface area contributed by atoms with E-state index in [2.05, 4.69) is 5.32 Å². The minimum absolute atomic E-state index is 0.0150. The molecule has 0 aromatic heterocycles. The minimum atomic E-state index is -0.572. The van der Waals surface area contributed by atoms with Gasteiger partial charge in [0.05, 0.1) is 0 Å². The lowest BCUT2D eigenvalue weighted by Gasteiger charge is -2.35. The number of aryl methyl sites for hydroxylation is 2. The number of hydrogen-bond acceptors (Lipinski definition) is 5. The Morgan fingerprint density at radius 2 is 1.48 bits per heavy atom. The van der Waals surface area contributed by atoms with Gasteiger partial charge in [0, 0.05) is 39.1 Å². The number of amides is 3. The molecule has 0 saturated carbocycles. The van der Waals surface area contributed by atoms with Crippen molar-refractivity contribution in [2.75, 3.05) is 39.3 Å². The molecule has 8 heteroatoms. The van der Waals surface area contributed by atoms with Crippen molar-refractivity contribution in [1.29, 1.82) is 0 Å². The predicted molar refractivity (Wildman–Crippen MR) is 118 cm³/mol. The summed E-state index contributed by atoms with van der Waals surface area (Å²) in [5.41, 5.74) is 2.60. The molecule has 3 amide bonds. The Morgan fingerprint density at radius 1 is 0.935 bits per heavy atom. The van der Waals surface area contributed by atoms with Crippen LogP contribution in [-0.2, 0) is 14.3 Å². The van der Waals surface area contributed by atoms with Crippen LogP contribution >= 0.6 is 0 Å². The molecule has 1 aliphatic heterocycles. The lowest BCUT2D eigenvalue weighted by atomic mass is 10.1. The average Bonchev–Trinajstić information content (AvgIpc) is 2.69. The number of piperazine rings is 1. The summed E-state index contributed by atoms with van der Waals surface area (Å²) in [4.78, 5) is 40.0. The van der Waals surface area contributed by atoms with Crippen molar-refractivity contribution in [2.24, 2.45) is 0 Å². The fourth-order valence-electron chi connectivity index (χ4n) is 3.32. The van der Waals surface area contributed by atoms with Crippen LogP contribution in [-0.4, -0.2) is 72.6 Å². The summed E-state index contributed by atoms with van der Waals surface area (Å²) in [6.45, 7) is 13.4. The maximum Gasteiger partial charge on any atom is 0.407 e. The Hall–Kier alpha value is -2.77. The third-order valence-corrected chi connectivity index (χ3v) is 5.21. The lowest BCUT2D eigenvalue weighted by molar-refractivity contribution is -0.140. The van der Waals surface area contributed by atoms with Gasteiger partial charge >= 0.3 is 6.09 Å². The zero-order chi connectivity index (χ0) is 23.2. The van der Waals surface area contributed by atoms with Crippen LogP contribution in [0, 0.1) is 20.8 Å². The number of benzene rings is 1. The SMILES string of the molecule is Cc1ccc(C)c(OCC(=O)N2CCN(C(=O)CCNC(=O)OC(C)(C)C)CC2)c1C. The van der Waals surface area contributed by atoms with Crippen LogP contribution in [0.25, 0.3) is 0 Å². The van der Waals surface area contributed by atoms with Crippen LogP contribution in [0.15, 0.2) is 12.1 Å². The van der Waals surface area contributed by atoms with Crippen molar-refractivity contribution in [3.8, 4) is 5.75 Å². The number of ether oxygens (including phenoxy) is 2. The molecule has 0 atom stereocenters. The number of hydrogen-bond donors (Lipinski definition) is 1. The molecule has 1 aliphatic rings. The molecule has 0 aliphatic carbocycles. The summed E-state index contributed by atoms with van der Waals surface area (Å²) in [7, 11) is 0. The van der Waals surface area contributed by atoms with Crippen molar-refractivity contribution in [3.63, 3.8) is 0 Å². The van der Waals surface area contributed by atoms with E-state index >= 15 is 0 Å². The quantitative estimate of drug-likeness (QED) is 0.745. The van der Waals surface area contributed by atoms with E-state index in [1.165, 1.54) is 0 Å². The second kappa shape index (κ2) is 10.5. The highest BCUT2D eigenvalue weighted by molar-refractivity contribution is 5.80. The van der Waals surface area contributed by atoms with E-state index in [0.717, 1.165) is 22.4 Å². The molecule has 0 spiro atoms. The molecule has 1 heterocycles. The van der Waals surface area contributed by atoms with Crippen LogP contribution in [0.3, 0.4) is 0 Å². The predicted octanol–water partition coefficient (Wildman–Crippen LogP) is 2.58. The van der Waals surface area contributed by atoms with Crippen molar-refractivity contribution >= 4 is 17.9 Å². The maximum atomic E-state index is 12.6. The van der Waals surface area contributed by atoms with Gasteiger partial charge < -0.3 is 24.6 Å². The molecule has 0 bridgehead atoms. The largest absolute Gasteiger partial charge is 0.483 e. The molecule has 0 radical (unpaired) electrons. The van der Waals surface area contributed by atoms with Gasteiger partial charge in [0.25, 0.3) is 5.91 Å². The Morgan fingerprint density at radius 3 is 2.06 bits per heavy atom. The van der Waals surface area contributed by atoms with Gasteiger partial charge in [0.15, 0.2) is 6.61 Å². The summed E-state index contributed by atoms with van der Waals surface area (Å²) >= 11 is 0. The second-order valence-corrected chi connectivity index (χ2v) is 8.88. The minimum Gasteiger partial charge on any atom is -0.483 e. The molecular formula is C23H35N3O5. The van der Waals surface area contributed by atoms with Crippen molar-refractivity contribution in [3.05, 3.63) is 28.8 Å². The van der Waals surface area contributed by atoms with Gasteiger partial charge in [-0.25, -0.2) is 4.79 Å². The highest BCUT2D eigenvalue weighted by Crippen LogP contribution is 2.25. The van der Waals surface area contributed by atoms with Crippen LogP contribution in [0.4, 0.5) is 4.79 Å². The van der Waals surface area contributed by atoms with Crippen LogP contribution in [0.2, 0.25) is 0 Å². The Kier molecular flexibility index (Phi) is 8.30. The molecular weight excluding hydrogens is 398 g/mol. The molecule has 2 rings (SSSR count).